The van der Waals surface area contributed by atoms with Crippen molar-refractivity contribution in [2.45, 2.75) is 118 Å². The zero-order valence-corrected chi connectivity index (χ0v) is 20.3. The molecule has 0 aromatic heterocycles. The van der Waals surface area contributed by atoms with Gasteiger partial charge in [-0.2, -0.15) is 0 Å². The van der Waals surface area contributed by atoms with Crippen molar-refractivity contribution >= 4 is 0 Å². The molecule has 0 spiro atoms. The van der Waals surface area contributed by atoms with Gasteiger partial charge in [0.15, 0.2) is 0 Å². The van der Waals surface area contributed by atoms with Crippen LogP contribution < -0.4 is 0 Å². The minimum absolute atomic E-state index is 0.0933. The molecule has 1 fully saturated rings. The van der Waals surface area contributed by atoms with E-state index in [-0.39, 0.29) is 6.10 Å². The van der Waals surface area contributed by atoms with E-state index in [1.54, 1.807) is 16.7 Å². The van der Waals surface area contributed by atoms with E-state index in [0.29, 0.717) is 5.41 Å². The van der Waals surface area contributed by atoms with Crippen LogP contribution in [0.4, 0.5) is 0 Å². The van der Waals surface area contributed by atoms with Crippen molar-refractivity contribution in [3.8, 4) is 0 Å². The largest absolute Gasteiger partial charge is 0.393 e. The molecule has 0 aromatic carbocycles. The Morgan fingerprint density at radius 3 is 2.55 bits per heavy atom. The highest BCUT2D eigenvalue weighted by Crippen LogP contribution is 2.59. The molecule has 3 aliphatic carbocycles. The monoisotopic (exact) mass is 400 g/mol. The smallest absolute Gasteiger partial charge is 0.0580 e. The number of fused-ring (bicyclic) bond motifs is 1. The molecule has 0 heterocycles. The van der Waals surface area contributed by atoms with Gasteiger partial charge in [-0.3, -0.25) is 0 Å². The van der Waals surface area contributed by atoms with Crippen molar-refractivity contribution in [1.29, 1.82) is 0 Å². The Balaban J connectivity index is 1.61. The first-order valence-electron chi connectivity index (χ1n) is 12.8. The summed E-state index contributed by atoms with van der Waals surface area (Å²) in [5, 5.41) is 10.1. The molecular formula is C28H48O. The van der Waals surface area contributed by atoms with Crippen LogP contribution in [0.5, 0.6) is 0 Å². The normalized spacial score (nSPS) is 34.9. The molecular weight excluding hydrogens is 352 g/mol. The molecule has 0 unspecified atom stereocenters. The molecule has 0 saturated heterocycles. The highest BCUT2D eigenvalue weighted by Gasteiger charge is 2.49. The Hall–Kier alpha value is -0.560. The maximum absolute atomic E-state index is 10.1. The molecule has 0 amide bonds. The topological polar surface area (TPSA) is 20.2 Å². The summed E-state index contributed by atoms with van der Waals surface area (Å²) < 4.78 is 0. The Labute approximate surface area is 181 Å². The van der Waals surface area contributed by atoms with Crippen LogP contribution >= 0.6 is 0 Å². The third-order valence-electron chi connectivity index (χ3n) is 9.50. The summed E-state index contributed by atoms with van der Waals surface area (Å²) >= 11 is 0. The Bertz CT molecular complexity index is 612. The molecule has 1 saturated carbocycles. The lowest BCUT2D eigenvalue weighted by Crippen LogP contribution is -2.35. The fourth-order valence-electron chi connectivity index (χ4n) is 6.95. The van der Waals surface area contributed by atoms with Crippen LogP contribution in [0.2, 0.25) is 0 Å². The van der Waals surface area contributed by atoms with Gasteiger partial charge >= 0.3 is 0 Å². The van der Waals surface area contributed by atoms with Crippen molar-refractivity contribution in [2.24, 2.45) is 35.0 Å². The number of aliphatic hydroxyl groups is 1. The van der Waals surface area contributed by atoms with E-state index in [0.717, 1.165) is 48.9 Å². The molecule has 3 aliphatic rings. The molecule has 0 radical (unpaired) electrons. The summed E-state index contributed by atoms with van der Waals surface area (Å²) in [6.45, 7) is 14.7. The van der Waals surface area contributed by atoms with E-state index in [2.05, 4.69) is 47.6 Å². The van der Waals surface area contributed by atoms with Crippen molar-refractivity contribution < 1.29 is 5.11 Å². The van der Waals surface area contributed by atoms with Gasteiger partial charge in [0.1, 0.15) is 0 Å². The first-order valence-corrected chi connectivity index (χ1v) is 12.8. The second kappa shape index (κ2) is 9.71. The van der Waals surface area contributed by atoms with Gasteiger partial charge in [-0.1, -0.05) is 70.3 Å². The zero-order valence-electron chi connectivity index (χ0n) is 20.3. The highest BCUT2D eigenvalue weighted by molar-refractivity contribution is 5.23. The van der Waals surface area contributed by atoms with Crippen molar-refractivity contribution in [3.63, 3.8) is 0 Å². The predicted octanol–water partition coefficient (Wildman–Crippen LogP) is 8.09. The van der Waals surface area contributed by atoms with E-state index < -0.39 is 0 Å². The molecule has 3 rings (SSSR count). The van der Waals surface area contributed by atoms with Crippen LogP contribution in [0.3, 0.4) is 0 Å². The lowest BCUT2D eigenvalue weighted by atomic mass is 9.61. The van der Waals surface area contributed by atoms with Crippen LogP contribution in [-0.4, -0.2) is 11.2 Å². The van der Waals surface area contributed by atoms with Gasteiger partial charge < -0.3 is 5.11 Å². The van der Waals surface area contributed by atoms with Gasteiger partial charge in [-0.05, 0) is 99.7 Å². The Morgan fingerprint density at radius 2 is 1.83 bits per heavy atom. The van der Waals surface area contributed by atoms with E-state index in [1.165, 1.54) is 51.4 Å². The lowest BCUT2D eigenvalue weighted by Gasteiger charge is -2.44. The summed E-state index contributed by atoms with van der Waals surface area (Å²) in [5.74, 6) is 4.26. The van der Waals surface area contributed by atoms with E-state index >= 15 is 0 Å². The average Bonchev–Trinajstić information content (AvgIpc) is 3.04. The summed E-state index contributed by atoms with van der Waals surface area (Å²) in [7, 11) is 0. The standard InChI is InChI=1S/C28H48O/c1-19(2)20(3)9-10-22(5)26-15-16-27-23(8-7-17-28(26,27)6)12-13-24-18-25(29)14-11-21(24)4/h8,19-20,22,25-27,29H,7,9-18H2,1-6H3/t20-,22+,25-,26+,27-,28+/m0/s1. The number of allylic oxidation sites excluding steroid dienone is 3. The third kappa shape index (κ3) is 5.20. The SMILES string of the molecule is CC1=C(CCC2=CCC[C@]3(C)[C@@H]([C@H](C)CC[C@H](C)C(C)C)CC[C@@H]23)C[C@@H](O)CC1. The quantitative estimate of drug-likeness (QED) is 0.408. The fourth-order valence-corrected chi connectivity index (χ4v) is 6.95. The van der Waals surface area contributed by atoms with Crippen LogP contribution in [0.25, 0.3) is 0 Å². The molecule has 166 valence electrons. The molecule has 0 bridgehead atoms. The first-order chi connectivity index (χ1) is 13.7. The summed E-state index contributed by atoms with van der Waals surface area (Å²) in [6, 6.07) is 0. The van der Waals surface area contributed by atoms with E-state index in [9.17, 15) is 5.11 Å². The second-order valence-corrected chi connectivity index (χ2v) is 11.6. The molecule has 0 aliphatic heterocycles. The van der Waals surface area contributed by atoms with Crippen LogP contribution in [-0.2, 0) is 0 Å². The first kappa shape index (κ1) is 23.1. The minimum atomic E-state index is -0.0933. The maximum atomic E-state index is 10.1. The second-order valence-electron chi connectivity index (χ2n) is 11.6. The summed E-state index contributed by atoms with van der Waals surface area (Å²) in [6.07, 6.45) is 16.3. The molecule has 6 atom stereocenters. The Morgan fingerprint density at radius 1 is 1.07 bits per heavy atom. The van der Waals surface area contributed by atoms with Crippen LogP contribution in [0.1, 0.15) is 112 Å². The van der Waals surface area contributed by atoms with Gasteiger partial charge in [-0.15, -0.1) is 0 Å². The Kier molecular flexibility index (Phi) is 7.74. The number of rotatable bonds is 8. The van der Waals surface area contributed by atoms with Crippen molar-refractivity contribution in [1.82, 2.24) is 0 Å². The lowest BCUT2D eigenvalue weighted by molar-refractivity contribution is 0.101. The predicted molar refractivity (Wildman–Crippen MR) is 126 cm³/mol. The minimum Gasteiger partial charge on any atom is -0.393 e. The van der Waals surface area contributed by atoms with Gasteiger partial charge in [-0.25, -0.2) is 0 Å². The molecule has 0 aromatic rings. The highest BCUT2D eigenvalue weighted by atomic mass is 16.3. The summed E-state index contributed by atoms with van der Waals surface area (Å²) in [4.78, 5) is 0. The third-order valence-corrected chi connectivity index (χ3v) is 9.50. The number of aliphatic hydroxyl groups excluding tert-OH is 1. The molecule has 29 heavy (non-hydrogen) atoms. The van der Waals surface area contributed by atoms with E-state index in [4.69, 9.17) is 0 Å². The average molecular weight is 401 g/mol. The fraction of sp³-hybridized carbons (Fsp3) is 0.857. The van der Waals surface area contributed by atoms with E-state index in [1.807, 2.05) is 0 Å². The van der Waals surface area contributed by atoms with Crippen LogP contribution in [0, 0.1) is 35.0 Å². The molecule has 1 heteroatoms. The van der Waals surface area contributed by atoms with Crippen molar-refractivity contribution in [3.05, 3.63) is 22.8 Å². The van der Waals surface area contributed by atoms with Crippen LogP contribution in [0.15, 0.2) is 22.8 Å². The van der Waals surface area contributed by atoms with Gasteiger partial charge in [0.05, 0.1) is 6.10 Å². The van der Waals surface area contributed by atoms with Gasteiger partial charge in [0.25, 0.3) is 0 Å². The molecule has 1 N–H and O–H groups in total. The number of hydrogen-bond acceptors (Lipinski definition) is 1. The van der Waals surface area contributed by atoms with Gasteiger partial charge in [0, 0.05) is 0 Å². The maximum Gasteiger partial charge on any atom is 0.0580 e. The van der Waals surface area contributed by atoms with Gasteiger partial charge in [0.2, 0.25) is 0 Å². The number of hydrogen-bond donors (Lipinski definition) is 1. The molecule has 1 nitrogen and oxygen atoms in total. The zero-order chi connectivity index (χ0) is 21.2. The van der Waals surface area contributed by atoms with Crippen molar-refractivity contribution in [2.75, 3.05) is 0 Å². The summed E-state index contributed by atoms with van der Waals surface area (Å²) in [5.41, 5.74) is 5.42.